The predicted molar refractivity (Wildman–Crippen MR) is 80.5 cm³/mol. The van der Waals surface area contributed by atoms with Crippen LogP contribution in [0.15, 0.2) is 30.3 Å². The third-order valence-corrected chi connectivity index (χ3v) is 4.34. The maximum atomic E-state index is 12.8. The van der Waals surface area contributed by atoms with E-state index in [2.05, 4.69) is 12.2 Å². The van der Waals surface area contributed by atoms with Gasteiger partial charge in [-0.2, -0.15) is 0 Å². The number of nitrogens with one attached hydrogen (secondary N) is 1. The summed E-state index contributed by atoms with van der Waals surface area (Å²) < 4.78 is 0. The molecule has 1 aliphatic carbocycles. The van der Waals surface area contributed by atoms with Crippen molar-refractivity contribution in [3.8, 4) is 0 Å². The predicted octanol–water partition coefficient (Wildman–Crippen LogP) is 2.26. The molecule has 0 radical (unpaired) electrons. The van der Waals surface area contributed by atoms with Crippen LogP contribution in [-0.2, 0) is 9.59 Å². The Bertz CT molecular complexity index is 525. The number of carbonyl (C=O) groups is 2. The van der Waals surface area contributed by atoms with E-state index in [4.69, 9.17) is 0 Å². The van der Waals surface area contributed by atoms with Gasteiger partial charge in [-0.1, -0.05) is 43.7 Å². The van der Waals surface area contributed by atoms with Crippen molar-refractivity contribution < 1.29 is 9.59 Å². The van der Waals surface area contributed by atoms with Gasteiger partial charge < -0.3 is 10.2 Å². The van der Waals surface area contributed by atoms with E-state index in [9.17, 15) is 9.59 Å². The van der Waals surface area contributed by atoms with Crippen LogP contribution in [0.2, 0.25) is 0 Å². The molecule has 0 spiro atoms. The number of benzene rings is 1. The molecule has 3 rings (SSSR count). The molecule has 112 valence electrons. The van der Waals surface area contributed by atoms with Crippen LogP contribution < -0.4 is 5.32 Å². The van der Waals surface area contributed by atoms with Crippen LogP contribution in [0, 0.1) is 5.92 Å². The number of piperazine rings is 1. The van der Waals surface area contributed by atoms with Gasteiger partial charge in [0, 0.05) is 6.54 Å². The monoisotopic (exact) mass is 286 g/mol. The molecule has 2 aliphatic rings. The Morgan fingerprint density at radius 1 is 1.19 bits per heavy atom. The highest BCUT2D eigenvalue weighted by Gasteiger charge is 2.42. The summed E-state index contributed by atoms with van der Waals surface area (Å²) in [6, 6.07) is 8.71. The van der Waals surface area contributed by atoms with E-state index in [0.717, 1.165) is 24.9 Å². The van der Waals surface area contributed by atoms with Crippen molar-refractivity contribution in [1.29, 1.82) is 0 Å². The Morgan fingerprint density at radius 2 is 1.90 bits per heavy atom. The number of hydrogen-bond acceptors (Lipinski definition) is 2. The molecule has 0 bridgehead atoms. The summed E-state index contributed by atoms with van der Waals surface area (Å²) in [5.41, 5.74) is 0.867. The Balaban J connectivity index is 1.85. The lowest BCUT2D eigenvalue weighted by atomic mass is 9.98. The number of carbonyl (C=O) groups excluding carboxylic acids is 2. The van der Waals surface area contributed by atoms with E-state index in [1.54, 1.807) is 0 Å². The van der Waals surface area contributed by atoms with Crippen LogP contribution in [-0.4, -0.2) is 29.3 Å². The largest absolute Gasteiger partial charge is 0.339 e. The van der Waals surface area contributed by atoms with Crippen LogP contribution in [0.25, 0.3) is 0 Å². The molecule has 2 fully saturated rings. The van der Waals surface area contributed by atoms with Crippen LogP contribution in [0.5, 0.6) is 0 Å². The quantitative estimate of drug-likeness (QED) is 0.902. The van der Waals surface area contributed by atoms with Gasteiger partial charge in [0.2, 0.25) is 11.8 Å². The van der Waals surface area contributed by atoms with Gasteiger partial charge in [0.25, 0.3) is 0 Å². The zero-order chi connectivity index (χ0) is 14.8. The van der Waals surface area contributed by atoms with Crippen LogP contribution in [0.4, 0.5) is 0 Å². The molecule has 1 aliphatic heterocycles. The van der Waals surface area contributed by atoms with Gasteiger partial charge in [0.05, 0.1) is 0 Å². The summed E-state index contributed by atoms with van der Waals surface area (Å²) in [5, 5.41) is 2.91. The maximum Gasteiger partial charge on any atom is 0.250 e. The first-order chi connectivity index (χ1) is 10.2. The summed E-state index contributed by atoms with van der Waals surface area (Å²) in [5.74, 6) is 0.632. The van der Waals surface area contributed by atoms with E-state index in [0.29, 0.717) is 5.92 Å². The van der Waals surface area contributed by atoms with Crippen molar-refractivity contribution in [1.82, 2.24) is 10.2 Å². The van der Waals surface area contributed by atoms with E-state index in [1.807, 2.05) is 35.2 Å². The molecule has 0 aromatic heterocycles. The highest BCUT2D eigenvalue weighted by atomic mass is 16.2. The molecule has 21 heavy (non-hydrogen) atoms. The molecule has 1 aromatic rings. The van der Waals surface area contributed by atoms with Crippen molar-refractivity contribution in [3.63, 3.8) is 0 Å². The molecule has 2 unspecified atom stereocenters. The van der Waals surface area contributed by atoms with Gasteiger partial charge in [-0.25, -0.2) is 0 Å². The molecule has 4 nitrogen and oxygen atoms in total. The summed E-state index contributed by atoms with van der Waals surface area (Å²) in [6.45, 7) is 2.79. The zero-order valence-electron chi connectivity index (χ0n) is 12.4. The summed E-state index contributed by atoms with van der Waals surface area (Å²) >= 11 is 0. The van der Waals surface area contributed by atoms with Gasteiger partial charge in [0.15, 0.2) is 0 Å². The maximum absolute atomic E-state index is 12.8. The average molecular weight is 286 g/mol. The standard InChI is InChI=1S/C17H22N2O2/c1-2-6-14-16(20)18-15(13-7-4-3-5-8-13)17(21)19(14)11-12-9-10-12/h3-5,7-8,12,14-15H,2,6,9-11H2,1H3,(H,18,20). The van der Waals surface area contributed by atoms with Crippen molar-refractivity contribution in [2.24, 2.45) is 5.92 Å². The fourth-order valence-electron chi connectivity index (χ4n) is 2.99. The molecule has 1 N–H and O–H groups in total. The molecule has 4 heteroatoms. The van der Waals surface area contributed by atoms with Gasteiger partial charge in [0.1, 0.15) is 12.1 Å². The lowest BCUT2D eigenvalue weighted by molar-refractivity contribution is -0.150. The van der Waals surface area contributed by atoms with Gasteiger partial charge in [-0.05, 0) is 30.7 Å². The SMILES string of the molecule is CCCC1C(=O)NC(c2ccccc2)C(=O)N1CC1CC1. The minimum Gasteiger partial charge on any atom is -0.339 e. The Kier molecular flexibility index (Phi) is 3.95. The van der Waals surface area contributed by atoms with E-state index < -0.39 is 6.04 Å². The highest BCUT2D eigenvalue weighted by molar-refractivity contribution is 5.97. The lowest BCUT2D eigenvalue weighted by Gasteiger charge is -2.39. The Hall–Kier alpha value is -1.84. The molecule has 1 saturated carbocycles. The molecule has 1 aromatic carbocycles. The number of amides is 2. The number of hydrogen-bond donors (Lipinski definition) is 1. The minimum atomic E-state index is -0.523. The minimum absolute atomic E-state index is 0.00838. The summed E-state index contributed by atoms with van der Waals surface area (Å²) in [6.07, 6.45) is 4.01. The second-order valence-corrected chi connectivity index (χ2v) is 6.09. The van der Waals surface area contributed by atoms with Crippen molar-refractivity contribution in [2.75, 3.05) is 6.54 Å². The smallest absolute Gasteiger partial charge is 0.250 e. The van der Waals surface area contributed by atoms with Crippen molar-refractivity contribution in [3.05, 3.63) is 35.9 Å². The van der Waals surface area contributed by atoms with Crippen LogP contribution in [0.3, 0.4) is 0 Å². The molecular formula is C17H22N2O2. The van der Waals surface area contributed by atoms with Crippen molar-refractivity contribution in [2.45, 2.75) is 44.7 Å². The summed E-state index contributed by atoms with van der Waals surface area (Å²) in [4.78, 5) is 27.1. The first kappa shape index (κ1) is 14.1. The van der Waals surface area contributed by atoms with E-state index in [-0.39, 0.29) is 17.9 Å². The third kappa shape index (κ3) is 2.94. The number of nitrogens with zero attached hydrogens (tertiary/aromatic N) is 1. The Morgan fingerprint density at radius 3 is 2.52 bits per heavy atom. The Labute approximate surface area is 125 Å². The average Bonchev–Trinajstić information content (AvgIpc) is 3.31. The molecule has 1 heterocycles. The van der Waals surface area contributed by atoms with E-state index >= 15 is 0 Å². The number of rotatable bonds is 5. The lowest BCUT2D eigenvalue weighted by Crippen LogP contribution is -2.60. The second-order valence-electron chi connectivity index (χ2n) is 6.09. The van der Waals surface area contributed by atoms with Gasteiger partial charge in [-0.15, -0.1) is 0 Å². The van der Waals surface area contributed by atoms with Gasteiger partial charge >= 0.3 is 0 Å². The topological polar surface area (TPSA) is 49.4 Å². The molecule has 2 atom stereocenters. The fraction of sp³-hybridized carbons (Fsp3) is 0.529. The van der Waals surface area contributed by atoms with Crippen LogP contribution in [0.1, 0.15) is 44.2 Å². The van der Waals surface area contributed by atoms with E-state index in [1.165, 1.54) is 12.8 Å². The fourth-order valence-corrected chi connectivity index (χ4v) is 2.99. The van der Waals surface area contributed by atoms with Crippen molar-refractivity contribution >= 4 is 11.8 Å². The molecule has 2 amide bonds. The summed E-state index contributed by atoms with van der Waals surface area (Å²) in [7, 11) is 0. The highest BCUT2D eigenvalue weighted by Crippen LogP contribution is 2.33. The van der Waals surface area contributed by atoms with Gasteiger partial charge in [-0.3, -0.25) is 9.59 Å². The first-order valence-electron chi connectivity index (χ1n) is 7.86. The molecular weight excluding hydrogens is 264 g/mol. The third-order valence-electron chi connectivity index (χ3n) is 4.34. The first-order valence-corrected chi connectivity index (χ1v) is 7.86. The van der Waals surface area contributed by atoms with Crippen LogP contribution >= 0.6 is 0 Å². The zero-order valence-corrected chi connectivity index (χ0v) is 12.4. The normalized spacial score (nSPS) is 25.9. The second kappa shape index (κ2) is 5.88. The molecule has 1 saturated heterocycles.